The topological polar surface area (TPSA) is 3.24 Å². The molecule has 0 fully saturated rings. The lowest BCUT2D eigenvalue weighted by Crippen LogP contribution is -2.10. The number of benzene rings is 11. The lowest BCUT2D eigenvalue weighted by Gasteiger charge is -2.28. The first-order valence-electron chi connectivity index (χ1n) is 20.3. The molecule has 0 saturated carbocycles. The van der Waals surface area contributed by atoms with Crippen molar-refractivity contribution in [3.05, 3.63) is 237 Å². The van der Waals surface area contributed by atoms with Gasteiger partial charge in [-0.3, -0.25) is 0 Å². The standard InChI is InChI=1S/C58H39N/c1-3-12-40(13-4-1)42-22-24-44(25-23-42)46-17-11-18-50(39-46)59(49-31-26-43(27-32-49)41-14-5-2-6-15-41)58-37-36-53(54-20-9-10-21-57(54)58)47-29-33-52-48(38-47)30-35-55-51-19-8-7-16-45(51)28-34-56(52)55/h1-39H. The first kappa shape index (κ1) is 34.5. The van der Waals surface area contributed by atoms with Gasteiger partial charge in [0.2, 0.25) is 0 Å². The van der Waals surface area contributed by atoms with Crippen LogP contribution in [0.1, 0.15) is 0 Å². The maximum atomic E-state index is 2.42. The molecular weight excluding hydrogens is 711 g/mol. The van der Waals surface area contributed by atoms with E-state index >= 15 is 0 Å². The molecule has 1 nitrogen and oxygen atoms in total. The molecule has 0 spiro atoms. The quantitative estimate of drug-likeness (QED) is 0.147. The van der Waals surface area contributed by atoms with Crippen LogP contribution in [0, 0.1) is 0 Å². The summed E-state index contributed by atoms with van der Waals surface area (Å²) < 4.78 is 0. The Morgan fingerprint density at radius 1 is 0.220 bits per heavy atom. The van der Waals surface area contributed by atoms with Crippen molar-refractivity contribution in [1.29, 1.82) is 0 Å². The summed E-state index contributed by atoms with van der Waals surface area (Å²) in [4.78, 5) is 2.42. The van der Waals surface area contributed by atoms with Crippen molar-refractivity contribution in [3.8, 4) is 44.5 Å². The van der Waals surface area contributed by atoms with Crippen LogP contribution >= 0.6 is 0 Å². The molecular formula is C58H39N. The van der Waals surface area contributed by atoms with E-state index in [-0.39, 0.29) is 0 Å². The van der Waals surface area contributed by atoms with Gasteiger partial charge in [0.05, 0.1) is 5.69 Å². The molecule has 0 bridgehead atoms. The molecule has 1 heteroatoms. The molecule has 0 aliphatic heterocycles. The monoisotopic (exact) mass is 749 g/mol. The largest absolute Gasteiger partial charge is 0.310 e. The van der Waals surface area contributed by atoms with Gasteiger partial charge in [0.1, 0.15) is 0 Å². The second-order valence-corrected chi connectivity index (χ2v) is 15.3. The highest BCUT2D eigenvalue weighted by Crippen LogP contribution is 2.44. The summed E-state index contributed by atoms with van der Waals surface area (Å²) in [5.41, 5.74) is 13.0. The molecule has 0 heterocycles. The second kappa shape index (κ2) is 14.6. The lowest BCUT2D eigenvalue weighted by atomic mass is 9.92. The highest BCUT2D eigenvalue weighted by atomic mass is 15.1. The van der Waals surface area contributed by atoms with Crippen LogP contribution in [0.15, 0.2) is 237 Å². The lowest BCUT2D eigenvalue weighted by molar-refractivity contribution is 1.30. The van der Waals surface area contributed by atoms with E-state index < -0.39 is 0 Å². The molecule has 0 aliphatic rings. The average Bonchev–Trinajstić information content (AvgIpc) is 3.32. The molecule has 276 valence electrons. The Labute approximate surface area is 344 Å². The first-order valence-corrected chi connectivity index (χ1v) is 20.3. The Balaban J connectivity index is 1.03. The van der Waals surface area contributed by atoms with Crippen LogP contribution in [-0.2, 0) is 0 Å². The molecule has 11 aromatic carbocycles. The summed E-state index contributed by atoms with van der Waals surface area (Å²) in [5, 5.41) is 10.1. The van der Waals surface area contributed by atoms with Crippen molar-refractivity contribution in [3.63, 3.8) is 0 Å². The molecule has 0 amide bonds. The summed E-state index contributed by atoms with van der Waals surface area (Å²) in [6.07, 6.45) is 0. The Bertz CT molecular complexity index is 3290. The Morgan fingerprint density at radius 3 is 1.41 bits per heavy atom. The minimum absolute atomic E-state index is 1.10. The minimum Gasteiger partial charge on any atom is -0.310 e. The summed E-state index contributed by atoms with van der Waals surface area (Å²) >= 11 is 0. The van der Waals surface area contributed by atoms with Gasteiger partial charge in [-0.05, 0) is 119 Å². The van der Waals surface area contributed by atoms with Crippen LogP contribution in [0.2, 0.25) is 0 Å². The number of nitrogens with zero attached hydrogens (tertiary/aromatic N) is 1. The average molecular weight is 750 g/mol. The fraction of sp³-hybridized carbons (Fsp3) is 0. The van der Waals surface area contributed by atoms with Gasteiger partial charge in [0.15, 0.2) is 0 Å². The van der Waals surface area contributed by atoms with E-state index in [4.69, 9.17) is 0 Å². The van der Waals surface area contributed by atoms with E-state index in [0.29, 0.717) is 0 Å². The van der Waals surface area contributed by atoms with Crippen molar-refractivity contribution in [2.24, 2.45) is 0 Å². The SMILES string of the molecule is c1ccc(-c2ccc(-c3cccc(N(c4ccc(-c5ccccc5)cc4)c4ccc(-c5ccc6c(ccc7c8ccccc8ccc67)c5)c5ccccc45)c3)cc2)cc1. The molecule has 11 aromatic rings. The Morgan fingerprint density at radius 2 is 0.712 bits per heavy atom. The molecule has 0 atom stereocenters. The maximum absolute atomic E-state index is 2.42. The number of anilines is 3. The van der Waals surface area contributed by atoms with Crippen molar-refractivity contribution >= 4 is 60.2 Å². The fourth-order valence-corrected chi connectivity index (χ4v) is 8.90. The van der Waals surface area contributed by atoms with Gasteiger partial charge in [0, 0.05) is 16.8 Å². The van der Waals surface area contributed by atoms with Crippen LogP contribution in [0.25, 0.3) is 87.6 Å². The predicted octanol–water partition coefficient (Wildman–Crippen LogP) is 16.4. The second-order valence-electron chi connectivity index (χ2n) is 15.3. The van der Waals surface area contributed by atoms with E-state index in [1.54, 1.807) is 0 Å². The molecule has 11 rings (SSSR count). The molecule has 0 aromatic heterocycles. The van der Waals surface area contributed by atoms with E-state index in [0.717, 1.165) is 17.1 Å². The van der Waals surface area contributed by atoms with Crippen molar-refractivity contribution in [2.75, 3.05) is 4.90 Å². The van der Waals surface area contributed by atoms with Crippen LogP contribution in [0.4, 0.5) is 17.1 Å². The highest BCUT2D eigenvalue weighted by molar-refractivity contribution is 6.18. The van der Waals surface area contributed by atoms with Crippen molar-refractivity contribution < 1.29 is 0 Å². The van der Waals surface area contributed by atoms with Gasteiger partial charge in [-0.2, -0.15) is 0 Å². The summed E-state index contributed by atoms with van der Waals surface area (Å²) in [5.74, 6) is 0. The van der Waals surface area contributed by atoms with Crippen LogP contribution in [-0.4, -0.2) is 0 Å². The Hall–Kier alpha value is -7.74. The smallest absolute Gasteiger partial charge is 0.0540 e. The van der Waals surface area contributed by atoms with Gasteiger partial charge < -0.3 is 4.90 Å². The van der Waals surface area contributed by atoms with E-state index in [2.05, 4.69) is 241 Å². The zero-order valence-electron chi connectivity index (χ0n) is 32.5. The normalized spacial score (nSPS) is 11.4. The third-order valence-electron chi connectivity index (χ3n) is 11.9. The summed E-state index contributed by atoms with van der Waals surface area (Å²) in [6, 6.07) is 86.2. The highest BCUT2D eigenvalue weighted by Gasteiger charge is 2.19. The van der Waals surface area contributed by atoms with Gasteiger partial charge in [-0.25, -0.2) is 0 Å². The van der Waals surface area contributed by atoms with E-state index in [1.807, 2.05) is 0 Å². The van der Waals surface area contributed by atoms with Crippen molar-refractivity contribution in [1.82, 2.24) is 0 Å². The Kier molecular flexibility index (Phi) is 8.56. The predicted molar refractivity (Wildman–Crippen MR) is 253 cm³/mol. The third kappa shape index (κ3) is 6.30. The molecule has 0 saturated heterocycles. The van der Waals surface area contributed by atoms with Crippen LogP contribution < -0.4 is 4.90 Å². The zero-order chi connectivity index (χ0) is 39.1. The summed E-state index contributed by atoms with van der Waals surface area (Å²) in [7, 11) is 0. The number of hydrogen-bond acceptors (Lipinski definition) is 1. The number of rotatable bonds is 7. The maximum Gasteiger partial charge on any atom is 0.0540 e. The number of fused-ring (bicyclic) bond motifs is 6. The number of hydrogen-bond donors (Lipinski definition) is 0. The molecule has 0 radical (unpaired) electrons. The fourth-order valence-electron chi connectivity index (χ4n) is 8.90. The van der Waals surface area contributed by atoms with Crippen LogP contribution in [0.3, 0.4) is 0 Å². The molecule has 0 N–H and O–H groups in total. The van der Waals surface area contributed by atoms with Gasteiger partial charge in [-0.1, -0.05) is 200 Å². The third-order valence-corrected chi connectivity index (χ3v) is 11.9. The molecule has 0 aliphatic carbocycles. The minimum atomic E-state index is 1.10. The molecule has 0 unspecified atom stereocenters. The van der Waals surface area contributed by atoms with Crippen molar-refractivity contribution in [2.45, 2.75) is 0 Å². The zero-order valence-corrected chi connectivity index (χ0v) is 32.5. The van der Waals surface area contributed by atoms with Gasteiger partial charge >= 0.3 is 0 Å². The van der Waals surface area contributed by atoms with Gasteiger partial charge in [-0.15, -0.1) is 0 Å². The molecule has 59 heavy (non-hydrogen) atoms. The first-order chi connectivity index (χ1) is 29.2. The summed E-state index contributed by atoms with van der Waals surface area (Å²) in [6.45, 7) is 0. The van der Waals surface area contributed by atoms with Crippen LogP contribution in [0.5, 0.6) is 0 Å². The van der Waals surface area contributed by atoms with E-state index in [1.165, 1.54) is 87.6 Å². The van der Waals surface area contributed by atoms with Gasteiger partial charge in [0.25, 0.3) is 0 Å². The van der Waals surface area contributed by atoms with E-state index in [9.17, 15) is 0 Å².